The molecule has 1 heterocycles. The summed E-state index contributed by atoms with van der Waals surface area (Å²) in [5.41, 5.74) is 1.71. The van der Waals surface area contributed by atoms with Gasteiger partial charge < -0.3 is 10.1 Å². The Morgan fingerprint density at radius 2 is 1.88 bits per heavy atom. The minimum absolute atomic E-state index is 0.112. The molecule has 1 saturated carbocycles. The lowest BCUT2D eigenvalue weighted by Gasteiger charge is -2.25. The molecule has 4 rings (SSSR count). The summed E-state index contributed by atoms with van der Waals surface area (Å²) < 4.78 is 7.51. The molecule has 0 bridgehead atoms. The first-order chi connectivity index (χ1) is 16.7. The van der Waals surface area contributed by atoms with E-state index in [1.54, 1.807) is 7.11 Å². The van der Waals surface area contributed by atoms with Gasteiger partial charge in [-0.15, -0.1) is 22.0 Å². The lowest BCUT2D eigenvalue weighted by atomic mass is 9.95. The number of thioether (sulfide) groups is 2. The number of carbonyl (C=O) groups excluding carboxylic acids is 1. The van der Waals surface area contributed by atoms with Crippen LogP contribution in [-0.2, 0) is 4.79 Å². The first-order valence-corrected chi connectivity index (χ1v) is 13.3. The molecule has 2 aromatic carbocycles. The highest BCUT2D eigenvalue weighted by atomic mass is 32.2. The number of amides is 1. The molecule has 1 aromatic heterocycles. The van der Waals surface area contributed by atoms with Gasteiger partial charge in [0.1, 0.15) is 5.75 Å². The van der Waals surface area contributed by atoms with Gasteiger partial charge in [0.25, 0.3) is 0 Å². The van der Waals surface area contributed by atoms with Crippen molar-refractivity contribution in [3.8, 4) is 23.2 Å². The lowest BCUT2D eigenvalue weighted by Crippen LogP contribution is -2.17. The highest BCUT2D eigenvalue weighted by Crippen LogP contribution is 2.36. The summed E-state index contributed by atoms with van der Waals surface area (Å²) in [4.78, 5) is 13.7. The van der Waals surface area contributed by atoms with Gasteiger partial charge in [0.05, 0.1) is 30.4 Å². The van der Waals surface area contributed by atoms with E-state index < -0.39 is 0 Å². The van der Waals surface area contributed by atoms with E-state index in [-0.39, 0.29) is 11.7 Å². The van der Waals surface area contributed by atoms with E-state index in [0.29, 0.717) is 11.8 Å². The van der Waals surface area contributed by atoms with Crippen molar-refractivity contribution in [3.63, 3.8) is 0 Å². The Kier molecular flexibility index (Phi) is 8.50. The van der Waals surface area contributed by atoms with Gasteiger partial charge in [0.2, 0.25) is 5.91 Å². The van der Waals surface area contributed by atoms with Crippen LogP contribution >= 0.6 is 23.5 Å². The van der Waals surface area contributed by atoms with Crippen LogP contribution in [0.1, 0.15) is 38.1 Å². The molecule has 3 aromatic rings. The third kappa shape index (κ3) is 5.93. The number of nitrogens with zero attached hydrogens (tertiary/aromatic N) is 4. The number of benzene rings is 2. The summed E-state index contributed by atoms with van der Waals surface area (Å²) >= 11 is 2.82. The van der Waals surface area contributed by atoms with Gasteiger partial charge in [-0.1, -0.05) is 43.2 Å². The highest BCUT2D eigenvalue weighted by Gasteiger charge is 2.24. The summed E-state index contributed by atoms with van der Waals surface area (Å²) in [5.74, 6) is 2.08. The minimum Gasteiger partial charge on any atom is -0.497 e. The molecule has 176 valence electrons. The predicted molar refractivity (Wildman–Crippen MR) is 136 cm³/mol. The first kappa shape index (κ1) is 24.2. The van der Waals surface area contributed by atoms with Crippen LogP contribution < -0.4 is 10.1 Å². The second-order valence-electron chi connectivity index (χ2n) is 7.98. The fraction of sp³-hybridized carbons (Fsp3) is 0.360. The summed E-state index contributed by atoms with van der Waals surface area (Å²) in [6.07, 6.45) is 5.80. The number of ether oxygens (including phenoxy) is 1. The fourth-order valence-electron chi connectivity index (χ4n) is 4.10. The number of anilines is 1. The topological polar surface area (TPSA) is 92.8 Å². The summed E-state index contributed by atoms with van der Waals surface area (Å²) in [6.45, 7) is 0. The van der Waals surface area contributed by atoms with Crippen molar-refractivity contribution in [2.24, 2.45) is 0 Å². The van der Waals surface area contributed by atoms with E-state index >= 15 is 0 Å². The second kappa shape index (κ2) is 12.0. The van der Waals surface area contributed by atoms with Crippen LogP contribution in [0, 0.1) is 11.3 Å². The van der Waals surface area contributed by atoms with Gasteiger partial charge in [0, 0.05) is 16.5 Å². The molecular weight excluding hydrogens is 466 g/mol. The van der Waals surface area contributed by atoms with E-state index in [2.05, 4.69) is 26.2 Å². The summed E-state index contributed by atoms with van der Waals surface area (Å²) in [5, 5.41) is 21.6. The highest BCUT2D eigenvalue weighted by molar-refractivity contribution is 8.00. The molecule has 1 amide bonds. The molecule has 0 unspecified atom stereocenters. The van der Waals surface area contributed by atoms with Crippen molar-refractivity contribution in [1.82, 2.24) is 14.8 Å². The Bertz CT molecular complexity index is 1150. The number of methoxy groups -OCH3 is 1. The summed E-state index contributed by atoms with van der Waals surface area (Å²) in [7, 11) is 1.65. The van der Waals surface area contributed by atoms with E-state index in [0.717, 1.165) is 45.7 Å². The van der Waals surface area contributed by atoms with E-state index in [9.17, 15) is 4.79 Å². The summed E-state index contributed by atoms with van der Waals surface area (Å²) in [6, 6.07) is 17.8. The molecule has 1 aliphatic carbocycles. The molecule has 1 aliphatic rings. The molecule has 1 N–H and O–H groups in total. The van der Waals surface area contributed by atoms with Crippen LogP contribution in [0.2, 0.25) is 0 Å². The van der Waals surface area contributed by atoms with Gasteiger partial charge in [-0.25, -0.2) is 0 Å². The zero-order valence-electron chi connectivity index (χ0n) is 19.1. The normalized spacial score (nSPS) is 13.9. The number of rotatable bonds is 9. The van der Waals surface area contributed by atoms with Crippen LogP contribution in [0.25, 0.3) is 11.4 Å². The predicted octanol–water partition coefficient (Wildman–Crippen LogP) is 5.81. The van der Waals surface area contributed by atoms with Gasteiger partial charge in [-0.05, 0) is 49.2 Å². The average Bonchev–Trinajstić information content (AvgIpc) is 3.31. The molecular formula is C25H27N5O2S2. The van der Waals surface area contributed by atoms with Crippen LogP contribution in [0.5, 0.6) is 5.75 Å². The monoisotopic (exact) mass is 493 g/mol. The molecule has 1 fully saturated rings. The van der Waals surface area contributed by atoms with E-state index in [1.807, 2.05) is 48.5 Å². The largest absolute Gasteiger partial charge is 0.497 e. The number of para-hydroxylation sites is 1. The Balaban J connectivity index is 1.51. The zero-order chi connectivity index (χ0) is 23.8. The maximum absolute atomic E-state index is 12.8. The Morgan fingerprint density at radius 1 is 1.12 bits per heavy atom. The Labute approximate surface area is 208 Å². The van der Waals surface area contributed by atoms with Crippen molar-refractivity contribution in [3.05, 3.63) is 48.5 Å². The number of nitriles is 1. The molecule has 9 heteroatoms. The van der Waals surface area contributed by atoms with Crippen molar-refractivity contribution < 1.29 is 9.53 Å². The molecule has 0 saturated heterocycles. The lowest BCUT2D eigenvalue weighted by molar-refractivity contribution is -0.113. The minimum atomic E-state index is -0.112. The van der Waals surface area contributed by atoms with E-state index in [4.69, 9.17) is 10.00 Å². The average molecular weight is 494 g/mol. The van der Waals surface area contributed by atoms with Crippen molar-refractivity contribution in [2.75, 3.05) is 23.9 Å². The second-order valence-corrected chi connectivity index (χ2v) is 9.94. The number of carbonyl (C=O) groups is 1. The molecule has 34 heavy (non-hydrogen) atoms. The smallest absolute Gasteiger partial charge is 0.234 e. The van der Waals surface area contributed by atoms with Crippen molar-refractivity contribution in [1.29, 1.82) is 5.26 Å². The maximum Gasteiger partial charge on any atom is 0.234 e. The van der Waals surface area contributed by atoms with Gasteiger partial charge in [-0.3, -0.25) is 9.36 Å². The number of nitrogens with one attached hydrogen (secondary N) is 1. The molecule has 0 atom stereocenters. The van der Waals surface area contributed by atoms with Gasteiger partial charge >= 0.3 is 0 Å². The SMILES string of the molecule is COc1ccc(-c2nnc(SCC(=O)Nc3ccccc3SCC#N)n2C2CCCCC2)cc1. The van der Waals surface area contributed by atoms with Crippen LogP contribution in [0.4, 0.5) is 5.69 Å². The van der Waals surface area contributed by atoms with Gasteiger partial charge in [0.15, 0.2) is 11.0 Å². The zero-order valence-corrected chi connectivity index (χ0v) is 20.7. The standard InChI is InChI=1S/C25H27N5O2S2/c1-32-20-13-11-18(12-14-20)24-28-29-25(30(24)19-7-3-2-4-8-19)34-17-23(31)27-21-9-5-6-10-22(21)33-16-15-26/h5-6,9-14,19H,2-4,7-8,16-17H2,1H3,(H,27,31). The Hall–Kier alpha value is -2.96. The van der Waals surface area contributed by atoms with E-state index in [1.165, 1.54) is 42.8 Å². The fourth-order valence-corrected chi connectivity index (χ4v) is 5.58. The van der Waals surface area contributed by atoms with Gasteiger partial charge in [-0.2, -0.15) is 5.26 Å². The van der Waals surface area contributed by atoms with Crippen LogP contribution in [0.15, 0.2) is 58.6 Å². The number of aromatic nitrogens is 3. The third-order valence-electron chi connectivity index (χ3n) is 5.74. The number of hydrogen-bond donors (Lipinski definition) is 1. The van der Waals surface area contributed by atoms with Crippen molar-refractivity contribution in [2.45, 2.75) is 48.2 Å². The molecule has 0 aliphatic heterocycles. The van der Waals surface area contributed by atoms with Crippen LogP contribution in [-0.4, -0.2) is 39.3 Å². The van der Waals surface area contributed by atoms with Crippen LogP contribution in [0.3, 0.4) is 0 Å². The first-order valence-electron chi connectivity index (χ1n) is 11.3. The maximum atomic E-state index is 12.8. The third-order valence-corrected chi connectivity index (χ3v) is 7.62. The quantitative estimate of drug-likeness (QED) is 0.376. The molecule has 0 spiro atoms. The number of hydrogen-bond acceptors (Lipinski definition) is 7. The Morgan fingerprint density at radius 3 is 2.62 bits per heavy atom. The van der Waals surface area contributed by atoms with Crippen molar-refractivity contribution >= 4 is 35.1 Å². The molecule has 7 nitrogen and oxygen atoms in total. The molecule has 0 radical (unpaired) electrons.